The Bertz CT molecular complexity index is 1280. The number of rotatable bonds is 4. The van der Waals surface area contributed by atoms with E-state index in [2.05, 4.69) is 88.3 Å². The summed E-state index contributed by atoms with van der Waals surface area (Å²) in [5, 5.41) is 3.34. The zero-order valence-corrected chi connectivity index (χ0v) is 18.1. The first-order chi connectivity index (χ1) is 13.8. The van der Waals surface area contributed by atoms with E-state index in [0.717, 1.165) is 18.1 Å². The molecule has 0 unspecified atom stereocenters. The van der Waals surface area contributed by atoms with Crippen LogP contribution in [0.1, 0.15) is 11.1 Å². The molecule has 0 N–H and O–H groups in total. The van der Waals surface area contributed by atoms with Gasteiger partial charge in [0.1, 0.15) is 5.52 Å². The molecule has 0 atom stereocenters. The SMILES string of the molecule is Clc1cccc(Cn2c3ccccc3c3cc[n+](Cc4ccccc4)cc32)c1.[Br-]. The fourth-order valence-corrected chi connectivity index (χ4v) is 4.13. The number of pyridine rings is 1. The van der Waals surface area contributed by atoms with Gasteiger partial charge in [0.15, 0.2) is 18.9 Å². The second-order valence-corrected chi connectivity index (χ2v) is 7.57. The lowest BCUT2D eigenvalue weighted by Gasteiger charge is -2.08. The average molecular weight is 464 g/mol. The van der Waals surface area contributed by atoms with Crippen LogP contribution in [0.15, 0.2) is 97.3 Å². The Balaban J connectivity index is 0.00000205. The molecule has 0 bridgehead atoms. The molecule has 0 fully saturated rings. The second kappa shape index (κ2) is 8.40. The van der Waals surface area contributed by atoms with Crippen molar-refractivity contribution in [2.45, 2.75) is 13.1 Å². The minimum absolute atomic E-state index is 0. The number of halogens is 2. The summed E-state index contributed by atoms with van der Waals surface area (Å²) in [6.45, 7) is 1.65. The van der Waals surface area contributed by atoms with E-state index in [9.17, 15) is 0 Å². The Kier molecular flexibility index (Phi) is 5.70. The minimum Gasteiger partial charge on any atom is -1.00 e. The second-order valence-electron chi connectivity index (χ2n) is 7.13. The van der Waals surface area contributed by atoms with Crippen LogP contribution in [0.4, 0.5) is 0 Å². The molecule has 4 heteroatoms. The van der Waals surface area contributed by atoms with Crippen molar-refractivity contribution in [3.63, 3.8) is 0 Å². The maximum Gasteiger partial charge on any atom is 0.193 e. The van der Waals surface area contributed by atoms with Crippen molar-refractivity contribution < 1.29 is 21.5 Å². The van der Waals surface area contributed by atoms with Gasteiger partial charge in [-0.15, -0.1) is 0 Å². The molecule has 5 aromatic rings. The van der Waals surface area contributed by atoms with Gasteiger partial charge >= 0.3 is 0 Å². The number of benzene rings is 3. The van der Waals surface area contributed by atoms with Crippen LogP contribution >= 0.6 is 11.6 Å². The summed E-state index contributed by atoms with van der Waals surface area (Å²) < 4.78 is 4.64. The first-order valence-electron chi connectivity index (χ1n) is 9.46. The number of fused-ring (bicyclic) bond motifs is 3. The molecule has 0 radical (unpaired) electrons. The molecule has 3 aromatic carbocycles. The molecule has 0 saturated heterocycles. The van der Waals surface area contributed by atoms with Crippen LogP contribution in [0, 0.1) is 0 Å². The Morgan fingerprint density at radius 3 is 2.28 bits per heavy atom. The van der Waals surface area contributed by atoms with Crippen LogP contribution in [0.2, 0.25) is 5.02 Å². The average Bonchev–Trinajstić information content (AvgIpc) is 3.02. The van der Waals surface area contributed by atoms with Gasteiger partial charge in [0.25, 0.3) is 0 Å². The molecule has 0 aliphatic carbocycles. The molecular formula is C25H20BrClN2. The van der Waals surface area contributed by atoms with Crippen LogP contribution in [0.5, 0.6) is 0 Å². The van der Waals surface area contributed by atoms with Gasteiger partial charge in [0.05, 0.1) is 0 Å². The third-order valence-electron chi connectivity index (χ3n) is 5.21. The normalized spacial score (nSPS) is 10.9. The van der Waals surface area contributed by atoms with E-state index in [1.807, 2.05) is 18.2 Å². The van der Waals surface area contributed by atoms with Crippen LogP contribution < -0.4 is 21.5 Å². The number of hydrogen-bond acceptors (Lipinski definition) is 0. The van der Waals surface area contributed by atoms with E-state index >= 15 is 0 Å². The monoisotopic (exact) mass is 462 g/mol. The van der Waals surface area contributed by atoms with Gasteiger partial charge < -0.3 is 21.5 Å². The van der Waals surface area contributed by atoms with Crippen molar-refractivity contribution in [1.29, 1.82) is 0 Å². The molecule has 0 spiro atoms. The Morgan fingerprint density at radius 1 is 0.724 bits per heavy atom. The number of aromatic nitrogens is 2. The molecule has 29 heavy (non-hydrogen) atoms. The maximum atomic E-state index is 6.22. The lowest BCUT2D eigenvalue weighted by atomic mass is 10.2. The molecule has 5 rings (SSSR count). The van der Waals surface area contributed by atoms with Gasteiger partial charge in [-0.05, 0) is 23.8 Å². The van der Waals surface area contributed by atoms with Crippen molar-refractivity contribution >= 4 is 33.4 Å². The number of nitrogens with zero attached hydrogens (tertiary/aromatic N) is 2. The lowest BCUT2D eigenvalue weighted by Crippen LogP contribution is -3.00. The molecule has 2 nitrogen and oxygen atoms in total. The summed E-state index contributed by atoms with van der Waals surface area (Å²) in [5.74, 6) is 0. The van der Waals surface area contributed by atoms with E-state index in [1.165, 1.54) is 32.9 Å². The predicted octanol–water partition coefficient (Wildman–Crippen LogP) is 2.84. The third kappa shape index (κ3) is 3.93. The first-order valence-corrected chi connectivity index (χ1v) is 9.84. The minimum atomic E-state index is 0. The Hall–Kier alpha value is -2.62. The summed E-state index contributed by atoms with van der Waals surface area (Å²) in [7, 11) is 0. The number of hydrogen-bond donors (Lipinski definition) is 0. The van der Waals surface area contributed by atoms with Gasteiger partial charge in [0, 0.05) is 39.5 Å². The summed E-state index contributed by atoms with van der Waals surface area (Å²) in [6, 6.07) is 29.5. The molecule has 0 aliphatic heterocycles. The van der Waals surface area contributed by atoms with Gasteiger partial charge in [0.2, 0.25) is 0 Å². The van der Waals surface area contributed by atoms with Crippen molar-refractivity contribution in [3.05, 3.63) is 113 Å². The number of para-hydroxylation sites is 1. The quantitative estimate of drug-likeness (QED) is 0.363. The van der Waals surface area contributed by atoms with Gasteiger partial charge in [-0.1, -0.05) is 72.3 Å². The maximum absolute atomic E-state index is 6.22. The Labute approximate surface area is 185 Å². The largest absolute Gasteiger partial charge is 1.00 e. The highest BCUT2D eigenvalue weighted by atomic mass is 79.9. The van der Waals surface area contributed by atoms with Crippen LogP contribution in [0.25, 0.3) is 21.8 Å². The highest BCUT2D eigenvalue weighted by Gasteiger charge is 2.15. The smallest absolute Gasteiger partial charge is 0.193 e. The highest BCUT2D eigenvalue weighted by Crippen LogP contribution is 2.29. The zero-order chi connectivity index (χ0) is 18.9. The van der Waals surface area contributed by atoms with Gasteiger partial charge in [-0.3, -0.25) is 0 Å². The van der Waals surface area contributed by atoms with E-state index in [1.54, 1.807) is 0 Å². The third-order valence-corrected chi connectivity index (χ3v) is 5.45. The molecule has 2 aromatic heterocycles. The van der Waals surface area contributed by atoms with E-state index in [-0.39, 0.29) is 17.0 Å². The fourth-order valence-electron chi connectivity index (χ4n) is 3.92. The van der Waals surface area contributed by atoms with Crippen molar-refractivity contribution in [3.8, 4) is 0 Å². The summed E-state index contributed by atoms with van der Waals surface area (Å²) in [4.78, 5) is 0. The molecular weight excluding hydrogens is 444 g/mol. The van der Waals surface area contributed by atoms with E-state index < -0.39 is 0 Å². The topological polar surface area (TPSA) is 8.81 Å². The molecule has 2 heterocycles. The summed E-state index contributed by atoms with van der Waals surface area (Å²) in [6.07, 6.45) is 4.43. The molecule has 0 aliphatic rings. The van der Waals surface area contributed by atoms with Crippen molar-refractivity contribution in [2.75, 3.05) is 0 Å². The van der Waals surface area contributed by atoms with Crippen LogP contribution in [-0.2, 0) is 13.1 Å². The standard InChI is InChI=1S/C25H20ClN2.BrH/c26-21-10-6-9-20(15-21)17-28-24-12-5-4-11-22(24)23-13-14-27(18-25(23)28)16-19-7-2-1-3-8-19;/h1-15,18H,16-17H2;1H/q+1;/p-1. The zero-order valence-electron chi connectivity index (χ0n) is 15.8. The van der Waals surface area contributed by atoms with E-state index in [4.69, 9.17) is 11.6 Å². The van der Waals surface area contributed by atoms with Crippen LogP contribution in [0.3, 0.4) is 0 Å². The predicted molar refractivity (Wildman–Crippen MR) is 116 cm³/mol. The molecule has 0 saturated carbocycles. The lowest BCUT2D eigenvalue weighted by molar-refractivity contribution is -0.687. The van der Waals surface area contributed by atoms with Crippen molar-refractivity contribution in [2.24, 2.45) is 0 Å². The Morgan fingerprint density at radius 2 is 1.45 bits per heavy atom. The fraction of sp³-hybridized carbons (Fsp3) is 0.0800. The molecule has 0 amide bonds. The van der Waals surface area contributed by atoms with E-state index in [0.29, 0.717) is 0 Å². The summed E-state index contributed by atoms with van der Waals surface area (Å²) in [5.41, 5.74) is 4.98. The van der Waals surface area contributed by atoms with Gasteiger partial charge in [-0.25, -0.2) is 0 Å². The van der Waals surface area contributed by atoms with Crippen molar-refractivity contribution in [1.82, 2.24) is 4.57 Å². The molecule has 144 valence electrons. The van der Waals surface area contributed by atoms with Crippen LogP contribution in [-0.4, -0.2) is 4.57 Å². The first kappa shape index (κ1) is 19.7. The van der Waals surface area contributed by atoms with Gasteiger partial charge in [-0.2, -0.15) is 4.57 Å². The highest BCUT2D eigenvalue weighted by molar-refractivity contribution is 6.30. The summed E-state index contributed by atoms with van der Waals surface area (Å²) >= 11 is 6.22.